The first kappa shape index (κ1) is 13.5. The Morgan fingerprint density at radius 1 is 1.42 bits per heavy atom. The second kappa shape index (κ2) is 5.82. The van der Waals surface area contributed by atoms with E-state index >= 15 is 0 Å². The highest BCUT2D eigenvalue weighted by Gasteiger charge is 2.22. The lowest BCUT2D eigenvalue weighted by atomic mass is 9.92. The molecule has 1 fully saturated rings. The number of nitrogens with two attached hydrogens (primary N) is 1. The maximum Gasteiger partial charge on any atom is 0.217 e. The van der Waals surface area contributed by atoms with Crippen LogP contribution in [0.5, 0.6) is 0 Å². The smallest absolute Gasteiger partial charge is 0.217 e. The Hall–Kier alpha value is -1.91. The first-order chi connectivity index (χ1) is 9.10. The van der Waals surface area contributed by atoms with Crippen LogP contribution in [0.15, 0.2) is 18.2 Å². The zero-order chi connectivity index (χ0) is 13.8. The molecule has 0 bridgehead atoms. The highest BCUT2D eigenvalue weighted by Crippen LogP contribution is 2.27. The third-order valence-corrected chi connectivity index (χ3v) is 3.56. The van der Waals surface area contributed by atoms with Crippen LogP contribution >= 0.6 is 0 Å². The van der Waals surface area contributed by atoms with Crippen LogP contribution in [0.2, 0.25) is 0 Å². The molecule has 0 spiro atoms. The molecule has 1 aromatic rings. The lowest BCUT2D eigenvalue weighted by Gasteiger charge is -2.33. The molecule has 0 aromatic heterocycles. The van der Waals surface area contributed by atoms with Gasteiger partial charge in [0, 0.05) is 30.8 Å². The number of hydrogen-bond donors (Lipinski definition) is 1. The monoisotopic (exact) mass is 264 g/mol. The maximum absolute atomic E-state index is 13.1. The van der Waals surface area contributed by atoms with Gasteiger partial charge in [-0.25, -0.2) is 4.39 Å². The van der Waals surface area contributed by atoms with Crippen LogP contribution in [0, 0.1) is 11.7 Å². The van der Waals surface area contributed by atoms with Gasteiger partial charge in [0.2, 0.25) is 5.91 Å². The van der Waals surface area contributed by atoms with Crippen LogP contribution in [0.25, 0.3) is 0 Å². The Morgan fingerprint density at radius 3 is 2.68 bits per heavy atom. The lowest BCUT2D eigenvalue weighted by molar-refractivity contribution is -0.119. The molecular weight excluding hydrogens is 247 g/mol. The molecule has 1 amide bonds. The van der Waals surface area contributed by atoms with Crippen molar-refractivity contribution in [1.82, 2.24) is 0 Å². The quantitative estimate of drug-likeness (QED) is 0.842. The van der Waals surface area contributed by atoms with Gasteiger partial charge < -0.3 is 10.6 Å². The number of carbonyl (C=O) groups is 2. The van der Waals surface area contributed by atoms with Crippen LogP contribution in [-0.2, 0) is 4.79 Å². The van der Waals surface area contributed by atoms with Crippen molar-refractivity contribution in [2.24, 2.45) is 11.7 Å². The van der Waals surface area contributed by atoms with Crippen molar-refractivity contribution in [2.75, 3.05) is 18.0 Å². The minimum absolute atomic E-state index is 0.270. The van der Waals surface area contributed by atoms with E-state index < -0.39 is 5.82 Å². The summed E-state index contributed by atoms with van der Waals surface area (Å²) in [5.74, 6) is -0.364. The summed E-state index contributed by atoms with van der Waals surface area (Å²) < 4.78 is 13.1. The fourth-order valence-electron chi connectivity index (χ4n) is 2.57. The standard InChI is InChI=1S/C14H17FN2O2/c15-12-1-2-13(11(8-12)9-18)17-5-3-10(4-6-17)7-14(16)19/h1-2,8-10H,3-7H2,(H2,16,19). The SMILES string of the molecule is NC(=O)CC1CCN(c2ccc(F)cc2C=O)CC1. The highest BCUT2D eigenvalue weighted by molar-refractivity contribution is 5.84. The second-order valence-electron chi connectivity index (χ2n) is 4.92. The van der Waals surface area contributed by atoms with Gasteiger partial charge in [0.05, 0.1) is 0 Å². The first-order valence-electron chi connectivity index (χ1n) is 6.38. The maximum atomic E-state index is 13.1. The number of aldehydes is 1. The van der Waals surface area contributed by atoms with Crippen molar-refractivity contribution in [2.45, 2.75) is 19.3 Å². The van der Waals surface area contributed by atoms with Crippen molar-refractivity contribution in [3.05, 3.63) is 29.6 Å². The number of amides is 1. The van der Waals surface area contributed by atoms with Crippen molar-refractivity contribution < 1.29 is 14.0 Å². The van der Waals surface area contributed by atoms with Crippen LogP contribution in [0.4, 0.5) is 10.1 Å². The van der Waals surface area contributed by atoms with Crippen LogP contribution in [-0.4, -0.2) is 25.3 Å². The predicted molar refractivity (Wildman–Crippen MR) is 70.5 cm³/mol. The van der Waals surface area contributed by atoms with Gasteiger partial charge in [-0.1, -0.05) is 0 Å². The zero-order valence-electron chi connectivity index (χ0n) is 10.6. The van der Waals surface area contributed by atoms with Gasteiger partial charge in [-0.3, -0.25) is 9.59 Å². The van der Waals surface area contributed by atoms with Gasteiger partial charge in [0.1, 0.15) is 5.82 Å². The number of halogens is 1. The molecule has 1 heterocycles. The second-order valence-corrected chi connectivity index (χ2v) is 4.92. The summed E-state index contributed by atoms with van der Waals surface area (Å²) in [7, 11) is 0. The largest absolute Gasteiger partial charge is 0.371 e. The molecule has 2 rings (SSSR count). The molecule has 1 saturated heterocycles. The average molecular weight is 264 g/mol. The molecule has 1 aromatic carbocycles. The van der Waals surface area contributed by atoms with E-state index in [1.807, 2.05) is 0 Å². The van der Waals surface area contributed by atoms with Crippen molar-refractivity contribution in [3.8, 4) is 0 Å². The topological polar surface area (TPSA) is 63.4 Å². The lowest BCUT2D eigenvalue weighted by Crippen LogP contribution is -2.35. The molecular formula is C14H17FN2O2. The molecule has 5 heteroatoms. The molecule has 1 aliphatic rings. The van der Waals surface area contributed by atoms with Gasteiger partial charge >= 0.3 is 0 Å². The third-order valence-electron chi connectivity index (χ3n) is 3.56. The van der Waals surface area contributed by atoms with Gasteiger partial charge in [0.25, 0.3) is 0 Å². The van der Waals surface area contributed by atoms with E-state index in [4.69, 9.17) is 5.73 Å². The van der Waals surface area contributed by atoms with Crippen LogP contribution < -0.4 is 10.6 Å². The Labute approximate surface area is 111 Å². The average Bonchev–Trinajstić information content (AvgIpc) is 2.39. The van der Waals surface area contributed by atoms with Crippen LogP contribution in [0.3, 0.4) is 0 Å². The number of carbonyl (C=O) groups excluding carboxylic acids is 2. The summed E-state index contributed by atoms with van der Waals surface area (Å²) in [5.41, 5.74) is 6.32. The molecule has 0 saturated carbocycles. The number of nitrogens with zero attached hydrogens (tertiary/aromatic N) is 1. The van der Waals surface area contributed by atoms with E-state index in [9.17, 15) is 14.0 Å². The molecule has 0 unspecified atom stereocenters. The minimum atomic E-state index is -0.408. The highest BCUT2D eigenvalue weighted by atomic mass is 19.1. The number of primary amides is 1. The van der Waals surface area contributed by atoms with Gasteiger partial charge in [-0.2, -0.15) is 0 Å². The molecule has 2 N–H and O–H groups in total. The Bertz CT molecular complexity index is 482. The van der Waals surface area contributed by atoms with Crippen molar-refractivity contribution in [3.63, 3.8) is 0 Å². The van der Waals surface area contributed by atoms with E-state index in [0.717, 1.165) is 31.6 Å². The summed E-state index contributed by atoms with van der Waals surface area (Å²) >= 11 is 0. The fourth-order valence-corrected chi connectivity index (χ4v) is 2.57. The summed E-state index contributed by atoms with van der Waals surface area (Å²) in [5, 5.41) is 0. The predicted octanol–water partition coefficient (Wildman–Crippen LogP) is 1.73. The van der Waals surface area contributed by atoms with E-state index in [0.29, 0.717) is 24.2 Å². The molecule has 102 valence electrons. The van der Waals surface area contributed by atoms with Crippen molar-refractivity contribution in [1.29, 1.82) is 0 Å². The van der Waals surface area contributed by atoms with E-state index in [-0.39, 0.29) is 5.91 Å². The van der Waals surface area contributed by atoms with Crippen molar-refractivity contribution >= 4 is 17.9 Å². The summed E-state index contributed by atoms with van der Waals surface area (Å²) in [4.78, 5) is 23.9. The number of piperidine rings is 1. The number of benzene rings is 1. The molecule has 1 aliphatic heterocycles. The fraction of sp³-hybridized carbons (Fsp3) is 0.429. The number of hydrogen-bond acceptors (Lipinski definition) is 3. The Balaban J connectivity index is 2.05. The molecule has 19 heavy (non-hydrogen) atoms. The Kier molecular flexibility index (Phi) is 4.14. The Morgan fingerprint density at radius 2 is 2.11 bits per heavy atom. The van der Waals surface area contributed by atoms with Gasteiger partial charge in [-0.05, 0) is 37.0 Å². The van der Waals surface area contributed by atoms with E-state index in [1.54, 1.807) is 6.07 Å². The van der Waals surface area contributed by atoms with E-state index in [1.165, 1.54) is 12.1 Å². The zero-order valence-corrected chi connectivity index (χ0v) is 10.6. The third kappa shape index (κ3) is 3.30. The summed E-state index contributed by atoms with van der Waals surface area (Å²) in [6, 6.07) is 4.24. The molecule has 0 aliphatic carbocycles. The van der Waals surface area contributed by atoms with Gasteiger partial charge in [0.15, 0.2) is 6.29 Å². The first-order valence-corrected chi connectivity index (χ1v) is 6.38. The van der Waals surface area contributed by atoms with E-state index in [2.05, 4.69) is 4.90 Å². The normalized spacial score (nSPS) is 16.4. The van der Waals surface area contributed by atoms with Gasteiger partial charge in [-0.15, -0.1) is 0 Å². The molecule has 0 atom stereocenters. The minimum Gasteiger partial charge on any atom is -0.371 e. The number of anilines is 1. The summed E-state index contributed by atoms with van der Waals surface area (Å²) in [6.45, 7) is 1.51. The summed E-state index contributed by atoms with van der Waals surface area (Å²) in [6.07, 6.45) is 2.81. The molecule has 4 nitrogen and oxygen atoms in total. The molecule has 0 radical (unpaired) electrons. The number of rotatable bonds is 4. The van der Waals surface area contributed by atoms with Crippen LogP contribution in [0.1, 0.15) is 29.6 Å².